The summed E-state index contributed by atoms with van der Waals surface area (Å²) in [6.07, 6.45) is 0.747. The highest BCUT2D eigenvalue weighted by molar-refractivity contribution is 14.1. The van der Waals surface area contributed by atoms with Crippen molar-refractivity contribution in [3.63, 3.8) is 0 Å². The molecule has 0 aliphatic heterocycles. The van der Waals surface area contributed by atoms with Gasteiger partial charge in [0, 0.05) is 28.4 Å². The number of ether oxygens (including phenoxy) is 1. The molecule has 0 aliphatic rings. The molecule has 5 heteroatoms. The van der Waals surface area contributed by atoms with Crippen LogP contribution < -0.4 is 10.1 Å². The number of benzene rings is 1. The Hall–Kier alpha value is -1.11. The minimum atomic E-state index is -0.325. The maximum Gasteiger partial charge on any atom is 0.227 e. The number of hydrogen-bond acceptors (Lipinski definition) is 3. The van der Waals surface area contributed by atoms with Gasteiger partial charge in [-0.25, -0.2) is 0 Å². The molecule has 0 fully saturated rings. The first-order valence-corrected chi connectivity index (χ1v) is 7.21. The maximum absolute atomic E-state index is 12.0. The number of methoxy groups -OCH3 is 1. The van der Waals surface area contributed by atoms with E-state index in [4.69, 9.17) is 4.74 Å². The van der Waals surface area contributed by atoms with E-state index in [-0.39, 0.29) is 24.0 Å². The molecule has 0 spiro atoms. The van der Waals surface area contributed by atoms with Crippen LogP contribution in [-0.2, 0) is 9.59 Å². The normalized spacial score (nSPS) is 11.8. The van der Waals surface area contributed by atoms with Crippen LogP contribution in [0.2, 0.25) is 0 Å². The van der Waals surface area contributed by atoms with Crippen LogP contribution >= 0.6 is 22.6 Å². The summed E-state index contributed by atoms with van der Waals surface area (Å²) in [5.74, 6) is 0.318. The number of nitrogens with one attached hydrogen (secondary N) is 1. The summed E-state index contributed by atoms with van der Waals surface area (Å²) in [6, 6.07) is 5.48. The van der Waals surface area contributed by atoms with Gasteiger partial charge in [0.2, 0.25) is 5.91 Å². The Balaban J connectivity index is 2.73. The lowest BCUT2D eigenvalue weighted by atomic mass is 10.0. The molecule has 4 nitrogen and oxygen atoms in total. The van der Waals surface area contributed by atoms with Gasteiger partial charge in [-0.1, -0.05) is 13.8 Å². The fourth-order valence-electron chi connectivity index (χ4n) is 1.56. The second kappa shape index (κ2) is 7.47. The van der Waals surface area contributed by atoms with Gasteiger partial charge in [-0.3, -0.25) is 9.59 Å². The third-order valence-electron chi connectivity index (χ3n) is 2.81. The molecular weight excluding hydrogens is 357 g/mol. The first-order valence-electron chi connectivity index (χ1n) is 6.14. The number of carbonyl (C=O) groups is 2. The highest BCUT2D eigenvalue weighted by atomic mass is 127. The van der Waals surface area contributed by atoms with Crippen LogP contribution in [-0.4, -0.2) is 18.8 Å². The van der Waals surface area contributed by atoms with Gasteiger partial charge in [-0.15, -0.1) is 0 Å². The Bertz CT molecular complexity index is 474. The highest BCUT2D eigenvalue weighted by Crippen LogP contribution is 2.24. The SMILES string of the molecule is CCC(=O)C[C@H](C)C(=O)Nc1cc(OC)ccc1I. The molecule has 0 heterocycles. The van der Waals surface area contributed by atoms with Crippen LogP contribution in [0.5, 0.6) is 5.75 Å². The van der Waals surface area contributed by atoms with E-state index in [0.717, 1.165) is 3.57 Å². The molecule has 1 aromatic rings. The van der Waals surface area contributed by atoms with E-state index in [9.17, 15) is 9.59 Å². The van der Waals surface area contributed by atoms with Gasteiger partial charge in [0.05, 0.1) is 12.8 Å². The van der Waals surface area contributed by atoms with E-state index in [1.54, 1.807) is 27.0 Å². The van der Waals surface area contributed by atoms with Crippen LogP contribution in [0.25, 0.3) is 0 Å². The van der Waals surface area contributed by atoms with Gasteiger partial charge in [0.25, 0.3) is 0 Å². The van der Waals surface area contributed by atoms with Crippen molar-refractivity contribution in [1.82, 2.24) is 0 Å². The van der Waals surface area contributed by atoms with E-state index in [2.05, 4.69) is 27.9 Å². The molecule has 1 amide bonds. The Morgan fingerprint density at radius 2 is 2.11 bits per heavy atom. The van der Waals surface area contributed by atoms with E-state index in [1.165, 1.54) is 0 Å². The summed E-state index contributed by atoms with van der Waals surface area (Å²) < 4.78 is 6.06. The number of anilines is 1. The van der Waals surface area contributed by atoms with E-state index < -0.39 is 0 Å². The second-order valence-corrected chi connectivity index (χ2v) is 5.49. The summed E-state index contributed by atoms with van der Waals surface area (Å²) >= 11 is 2.15. The largest absolute Gasteiger partial charge is 0.497 e. The van der Waals surface area contributed by atoms with Gasteiger partial charge in [0.1, 0.15) is 11.5 Å². The molecule has 1 rings (SSSR count). The molecule has 104 valence electrons. The van der Waals surface area contributed by atoms with Gasteiger partial charge in [0.15, 0.2) is 0 Å². The van der Waals surface area contributed by atoms with Gasteiger partial charge >= 0.3 is 0 Å². The Morgan fingerprint density at radius 3 is 2.68 bits per heavy atom. The molecule has 0 saturated carbocycles. The molecule has 0 aliphatic carbocycles. The highest BCUT2D eigenvalue weighted by Gasteiger charge is 2.17. The van der Waals surface area contributed by atoms with Gasteiger partial charge in [-0.2, -0.15) is 0 Å². The number of ketones is 1. The minimum absolute atomic E-state index is 0.1000. The first kappa shape index (κ1) is 15.9. The number of halogens is 1. The van der Waals surface area contributed by atoms with Gasteiger partial charge in [-0.05, 0) is 34.7 Å². The lowest BCUT2D eigenvalue weighted by Crippen LogP contribution is -2.23. The molecule has 1 aromatic carbocycles. The molecule has 1 atom stereocenters. The predicted molar refractivity (Wildman–Crippen MR) is 83.4 cm³/mol. The van der Waals surface area contributed by atoms with Crippen molar-refractivity contribution in [3.05, 3.63) is 21.8 Å². The van der Waals surface area contributed by atoms with E-state index in [1.807, 2.05) is 12.1 Å². The second-order valence-electron chi connectivity index (χ2n) is 4.33. The number of hydrogen-bond donors (Lipinski definition) is 1. The molecule has 0 unspecified atom stereocenters. The van der Waals surface area contributed by atoms with Crippen LogP contribution in [0.15, 0.2) is 18.2 Å². The zero-order chi connectivity index (χ0) is 14.4. The predicted octanol–water partition coefficient (Wildman–Crippen LogP) is 3.24. The molecule has 0 radical (unpaired) electrons. The molecular formula is C14H18INO3. The molecule has 0 aromatic heterocycles. The Labute approximate surface area is 127 Å². The topological polar surface area (TPSA) is 55.4 Å². The van der Waals surface area contributed by atoms with Crippen molar-refractivity contribution in [2.24, 2.45) is 5.92 Å². The summed E-state index contributed by atoms with van der Waals surface area (Å²) in [7, 11) is 1.58. The first-order chi connectivity index (χ1) is 8.97. The Kier molecular flexibility index (Phi) is 6.27. The average molecular weight is 375 g/mol. The number of carbonyl (C=O) groups excluding carboxylic acids is 2. The summed E-state index contributed by atoms with van der Waals surface area (Å²) in [6.45, 7) is 3.56. The zero-order valence-corrected chi connectivity index (χ0v) is 13.5. The van der Waals surface area contributed by atoms with Crippen LogP contribution in [0.3, 0.4) is 0 Å². The summed E-state index contributed by atoms with van der Waals surface area (Å²) in [5.41, 5.74) is 0.709. The lowest BCUT2D eigenvalue weighted by molar-refractivity contribution is -0.125. The molecule has 19 heavy (non-hydrogen) atoms. The van der Waals surface area contributed by atoms with Crippen LogP contribution in [0.4, 0.5) is 5.69 Å². The average Bonchev–Trinajstić information content (AvgIpc) is 2.40. The van der Waals surface area contributed by atoms with Crippen molar-refractivity contribution in [2.45, 2.75) is 26.7 Å². The maximum atomic E-state index is 12.0. The smallest absolute Gasteiger partial charge is 0.227 e. The van der Waals surface area contributed by atoms with Crippen molar-refractivity contribution < 1.29 is 14.3 Å². The minimum Gasteiger partial charge on any atom is -0.497 e. The number of Topliss-reactive ketones (excluding diaryl/α,β-unsaturated/α-hetero) is 1. The molecule has 0 saturated heterocycles. The van der Waals surface area contributed by atoms with Crippen molar-refractivity contribution in [1.29, 1.82) is 0 Å². The fourth-order valence-corrected chi connectivity index (χ4v) is 2.03. The Morgan fingerprint density at radius 1 is 1.42 bits per heavy atom. The van der Waals surface area contributed by atoms with Gasteiger partial charge < -0.3 is 10.1 Å². The summed E-state index contributed by atoms with van der Waals surface area (Å²) in [4.78, 5) is 23.4. The van der Waals surface area contributed by atoms with E-state index in [0.29, 0.717) is 17.9 Å². The summed E-state index contributed by atoms with van der Waals surface area (Å²) in [5, 5.41) is 2.84. The third kappa shape index (κ3) is 4.81. The third-order valence-corrected chi connectivity index (χ3v) is 3.75. The quantitative estimate of drug-likeness (QED) is 0.777. The molecule has 0 bridgehead atoms. The monoisotopic (exact) mass is 375 g/mol. The van der Waals surface area contributed by atoms with E-state index >= 15 is 0 Å². The van der Waals surface area contributed by atoms with Crippen molar-refractivity contribution >= 4 is 40.0 Å². The van der Waals surface area contributed by atoms with Crippen LogP contribution in [0, 0.1) is 9.49 Å². The van der Waals surface area contributed by atoms with Crippen LogP contribution in [0.1, 0.15) is 26.7 Å². The molecule has 1 N–H and O–H groups in total. The standard InChI is InChI=1S/C14H18INO3/c1-4-10(17)7-9(2)14(18)16-13-8-11(19-3)5-6-12(13)15/h5-6,8-9H,4,7H2,1-3H3,(H,16,18)/t9-/m0/s1. The van der Waals surface area contributed by atoms with Crippen molar-refractivity contribution in [3.8, 4) is 5.75 Å². The lowest BCUT2D eigenvalue weighted by Gasteiger charge is -2.13. The number of amides is 1. The number of rotatable bonds is 6. The van der Waals surface area contributed by atoms with Crippen molar-refractivity contribution in [2.75, 3.05) is 12.4 Å². The fraction of sp³-hybridized carbons (Fsp3) is 0.429. The zero-order valence-electron chi connectivity index (χ0n) is 11.3.